The highest BCUT2D eigenvalue weighted by atomic mass is 16.5. The lowest BCUT2D eigenvalue weighted by atomic mass is 10.1. The molecule has 0 bridgehead atoms. The number of ether oxygens (including phenoxy) is 2. The minimum Gasteiger partial charge on any atom is -0.497 e. The Morgan fingerprint density at radius 3 is 2.37 bits per heavy atom. The molecule has 2 aromatic rings. The van der Waals surface area contributed by atoms with Gasteiger partial charge in [-0.05, 0) is 54.8 Å². The van der Waals surface area contributed by atoms with Crippen molar-refractivity contribution in [2.24, 2.45) is 0 Å². The molecular formula is C23H29N3O4. The van der Waals surface area contributed by atoms with E-state index in [0.29, 0.717) is 39.0 Å². The zero-order chi connectivity index (χ0) is 21.5. The molecule has 3 rings (SSSR count). The summed E-state index contributed by atoms with van der Waals surface area (Å²) in [6.45, 7) is 4.10. The first-order chi connectivity index (χ1) is 14.5. The van der Waals surface area contributed by atoms with E-state index in [2.05, 4.69) is 5.32 Å². The van der Waals surface area contributed by atoms with Crippen LogP contribution < -0.4 is 14.8 Å². The van der Waals surface area contributed by atoms with Gasteiger partial charge in [-0.3, -0.25) is 4.79 Å². The van der Waals surface area contributed by atoms with Crippen molar-refractivity contribution in [2.45, 2.75) is 19.8 Å². The third-order valence-electron chi connectivity index (χ3n) is 5.28. The van der Waals surface area contributed by atoms with E-state index in [1.807, 2.05) is 54.3 Å². The molecule has 1 fully saturated rings. The molecule has 0 radical (unpaired) electrons. The SMILES string of the molecule is COc1ccc(OC)c(CCC(=O)N2CCN(C(=O)Nc3cccc(C)c3)CC2)c1. The van der Waals surface area contributed by atoms with Crippen LogP contribution in [0, 0.1) is 6.92 Å². The van der Waals surface area contributed by atoms with Crippen molar-refractivity contribution in [3.8, 4) is 11.5 Å². The van der Waals surface area contributed by atoms with Gasteiger partial charge in [-0.1, -0.05) is 12.1 Å². The van der Waals surface area contributed by atoms with Gasteiger partial charge >= 0.3 is 6.03 Å². The van der Waals surface area contributed by atoms with Gasteiger partial charge < -0.3 is 24.6 Å². The van der Waals surface area contributed by atoms with Gasteiger partial charge in [0.25, 0.3) is 0 Å². The third-order valence-corrected chi connectivity index (χ3v) is 5.28. The van der Waals surface area contributed by atoms with E-state index in [1.54, 1.807) is 19.1 Å². The fourth-order valence-corrected chi connectivity index (χ4v) is 3.56. The molecule has 1 heterocycles. The molecule has 30 heavy (non-hydrogen) atoms. The fraction of sp³-hybridized carbons (Fsp3) is 0.391. The van der Waals surface area contributed by atoms with Gasteiger partial charge in [0.15, 0.2) is 0 Å². The lowest BCUT2D eigenvalue weighted by Crippen LogP contribution is -2.51. The molecule has 0 atom stereocenters. The number of rotatable bonds is 6. The van der Waals surface area contributed by atoms with E-state index >= 15 is 0 Å². The molecule has 3 amide bonds. The van der Waals surface area contributed by atoms with Crippen LogP contribution in [0.15, 0.2) is 42.5 Å². The molecule has 1 saturated heterocycles. The average molecular weight is 412 g/mol. The topological polar surface area (TPSA) is 71.1 Å². The Hall–Kier alpha value is -3.22. The Kier molecular flexibility index (Phi) is 7.17. The number of nitrogens with one attached hydrogen (secondary N) is 1. The summed E-state index contributed by atoms with van der Waals surface area (Å²) in [6, 6.07) is 13.2. The van der Waals surface area contributed by atoms with Crippen LogP contribution in [0.5, 0.6) is 11.5 Å². The maximum atomic E-state index is 12.7. The Labute approximate surface area is 177 Å². The molecule has 0 unspecified atom stereocenters. The van der Waals surface area contributed by atoms with E-state index in [0.717, 1.165) is 28.3 Å². The second-order valence-electron chi connectivity index (χ2n) is 7.35. The van der Waals surface area contributed by atoms with Gasteiger partial charge in [0, 0.05) is 38.3 Å². The highest BCUT2D eigenvalue weighted by Gasteiger charge is 2.24. The summed E-state index contributed by atoms with van der Waals surface area (Å²) < 4.78 is 10.7. The van der Waals surface area contributed by atoms with E-state index in [1.165, 1.54) is 0 Å². The standard InChI is InChI=1S/C23H29N3O4/c1-17-5-4-6-19(15-17)24-23(28)26-13-11-25(12-14-26)22(27)10-7-18-16-20(29-2)8-9-21(18)30-3/h4-6,8-9,15-16H,7,10-14H2,1-3H3,(H,24,28). The van der Waals surface area contributed by atoms with E-state index in [9.17, 15) is 9.59 Å². The summed E-state index contributed by atoms with van der Waals surface area (Å²) >= 11 is 0. The van der Waals surface area contributed by atoms with Crippen LogP contribution in [0.3, 0.4) is 0 Å². The number of nitrogens with zero attached hydrogens (tertiary/aromatic N) is 2. The van der Waals surface area contributed by atoms with Crippen molar-refractivity contribution in [1.82, 2.24) is 9.80 Å². The Bertz CT molecular complexity index is 892. The molecule has 0 aliphatic carbocycles. The number of anilines is 1. The second-order valence-corrected chi connectivity index (χ2v) is 7.35. The molecule has 0 aromatic heterocycles. The minimum absolute atomic E-state index is 0.0821. The van der Waals surface area contributed by atoms with Gasteiger partial charge in [0.2, 0.25) is 5.91 Å². The first-order valence-corrected chi connectivity index (χ1v) is 10.1. The number of aryl methyl sites for hydroxylation is 2. The predicted molar refractivity (Wildman–Crippen MR) is 116 cm³/mol. The average Bonchev–Trinajstić information content (AvgIpc) is 2.77. The van der Waals surface area contributed by atoms with Crippen molar-refractivity contribution in [3.63, 3.8) is 0 Å². The predicted octanol–water partition coefficient (Wildman–Crippen LogP) is 3.32. The number of methoxy groups -OCH3 is 2. The van der Waals surface area contributed by atoms with Crippen LogP contribution in [0.1, 0.15) is 17.5 Å². The smallest absolute Gasteiger partial charge is 0.321 e. The summed E-state index contributed by atoms with van der Waals surface area (Å²) in [5, 5.41) is 2.92. The number of benzene rings is 2. The molecule has 7 nitrogen and oxygen atoms in total. The zero-order valence-corrected chi connectivity index (χ0v) is 17.8. The summed E-state index contributed by atoms with van der Waals surface area (Å²) in [4.78, 5) is 28.7. The fourth-order valence-electron chi connectivity index (χ4n) is 3.56. The normalized spacial score (nSPS) is 13.7. The number of amides is 3. The van der Waals surface area contributed by atoms with Crippen molar-refractivity contribution in [3.05, 3.63) is 53.6 Å². The van der Waals surface area contributed by atoms with Crippen molar-refractivity contribution < 1.29 is 19.1 Å². The number of hydrogen-bond donors (Lipinski definition) is 1. The zero-order valence-electron chi connectivity index (χ0n) is 17.8. The van der Waals surface area contributed by atoms with Gasteiger partial charge in [-0.15, -0.1) is 0 Å². The molecule has 1 N–H and O–H groups in total. The minimum atomic E-state index is -0.131. The molecule has 0 spiro atoms. The second kappa shape index (κ2) is 10.0. The summed E-state index contributed by atoms with van der Waals surface area (Å²) in [7, 11) is 3.24. The summed E-state index contributed by atoms with van der Waals surface area (Å²) in [5.41, 5.74) is 2.82. The van der Waals surface area contributed by atoms with Gasteiger partial charge in [0.05, 0.1) is 14.2 Å². The van der Waals surface area contributed by atoms with Crippen LogP contribution in [0.2, 0.25) is 0 Å². The van der Waals surface area contributed by atoms with E-state index in [-0.39, 0.29) is 11.9 Å². The quantitative estimate of drug-likeness (QED) is 0.792. The Morgan fingerprint density at radius 1 is 0.967 bits per heavy atom. The van der Waals surface area contributed by atoms with Crippen LogP contribution >= 0.6 is 0 Å². The van der Waals surface area contributed by atoms with Crippen molar-refractivity contribution >= 4 is 17.6 Å². The number of carbonyl (C=O) groups is 2. The van der Waals surface area contributed by atoms with Crippen LogP contribution in [-0.4, -0.2) is 62.1 Å². The lowest BCUT2D eigenvalue weighted by Gasteiger charge is -2.34. The number of urea groups is 1. The maximum Gasteiger partial charge on any atom is 0.321 e. The summed E-state index contributed by atoms with van der Waals surface area (Å²) in [5.74, 6) is 1.58. The summed E-state index contributed by atoms with van der Waals surface area (Å²) in [6.07, 6.45) is 0.965. The van der Waals surface area contributed by atoms with Gasteiger partial charge in [0.1, 0.15) is 11.5 Å². The lowest BCUT2D eigenvalue weighted by molar-refractivity contribution is -0.132. The molecule has 1 aliphatic rings. The van der Waals surface area contributed by atoms with Crippen molar-refractivity contribution in [1.29, 1.82) is 0 Å². The molecule has 1 aliphatic heterocycles. The highest BCUT2D eigenvalue weighted by Crippen LogP contribution is 2.25. The molecule has 160 valence electrons. The third kappa shape index (κ3) is 5.43. The monoisotopic (exact) mass is 411 g/mol. The molecule has 7 heteroatoms. The molecular weight excluding hydrogens is 382 g/mol. The Morgan fingerprint density at radius 2 is 1.70 bits per heavy atom. The molecule has 0 saturated carbocycles. The van der Waals surface area contributed by atoms with Crippen LogP contribution in [0.4, 0.5) is 10.5 Å². The first-order valence-electron chi connectivity index (χ1n) is 10.1. The van der Waals surface area contributed by atoms with Crippen LogP contribution in [-0.2, 0) is 11.2 Å². The first kappa shape index (κ1) is 21.5. The maximum absolute atomic E-state index is 12.7. The van der Waals surface area contributed by atoms with Crippen LogP contribution in [0.25, 0.3) is 0 Å². The number of piperazine rings is 1. The van der Waals surface area contributed by atoms with E-state index in [4.69, 9.17) is 9.47 Å². The number of hydrogen-bond acceptors (Lipinski definition) is 4. The number of carbonyl (C=O) groups excluding carboxylic acids is 2. The van der Waals surface area contributed by atoms with Gasteiger partial charge in [-0.2, -0.15) is 0 Å². The Balaban J connectivity index is 1.49. The van der Waals surface area contributed by atoms with Crippen molar-refractivity contribution in [2.75, 3.05) is 45.7 Å². The largest absolute Gasteiger partial charge is 0.497 e. The van der Waals surface area contributed by atoms with Gasteiger partial charge in [-0.25, -0.2) is 4.79 Å². The molecule has 2 aromatic carbocycles. The van der Waals surface area contributed by atoms with E-state index < -0.39 is 0 Å². The highest BCUT2D eigenvalue weighted by molar-refractivity contribution is 5.89.